The van der Waals surface area contributed by atoms with E-state index in [-0.39, 0.29) is 33.0 Å². The van der Waals surface area contributed by atoms with E-state index >= 15 is 0 Å². The van der Waals surface area contributed by atoms with Crippen LogP contribution in [0.1, 0.15) is 24.0 Å². The zero-order valence-corrected chi connectivity index (χ0v) is 18.3. The van der Waals surface area contributed by atoms with Gasteiger partial charge in [0.2, 0.25) is 0 Å². The van der Waals surface area contributed by atoms with Gasteiger partial charge in [-0.1, -0.05) is 34.4 Å². The van der Waals surface area contributed by atoms with Crippen molar-refractivity contribution < 1.29 is 13.6 Å². The van der Waals surface area contributed by atoms with Crippen molar-refractivity contribution in [3.8, 4) is 5.69 Å². The fourth-order valence-electron chi connectivity index (χ4n) is 3.50. The number of nitrogens with one attached hydrogen (secondary N) is 1. The van der Waals surface area contributed by atoms with Crippen molar-refractivity contribution in [3.63, 3.8) is 0 Å². The molecule has 4 rings (SSSR count). The van der Waals surface area contributed by atoms with E-state index in [2.05, 4.69) is 10.5 Å². The highest BCUT2D eigenvalue weighted by Crippen LogP contribution is 2.28. The SMILES string of the molecule is O=c1ccc(/C(=N/O[C@@H]2CCCNC2)c2ccc(F)cc2F)cn1-c1c(Cl)cccc1Cl. The van der Waals surface area contributed by atoms with Crippen molar-refractivity contribution >= 4 is 28.9 Å². The lowest BCUT2D eigenvalue weighted by atomic mass is 10.0. The van der Waals surface area contributed by atoms with Crippen molar-refractivity contribution in [1.82, 2.24) is 9.88 Å². The first-order chi connectivity index (χ1) is 15.4. The van der Waals surface area contributed by atoms with Crippen LogP contribution in [0.4, 0.5) is 8.78 Å². The summed E-state index contributed by atoms with van der Waals surface area (Å²) in [5.41, 5.74) is 0.421. The van der Waals surface area contributed by atoms with Crippen LogP contribution >= 0.6 is 23.2 Å². The molecule has 0 aliphatic carbocycles. The molecule has 32 heavy (non-hydrogen) atoms. The number of oxime groups is 1. The molecule has 1 aromatic heterocycles. The number of halogens is 4. The van der Waals surface area contributed by atoms with E-state index in [1.165, 1.54) is 29.0 Å². The predicted molar refractivity (Wildman–Crippen MR) is 121 cm³/mol. The Bertz CT molecular complexity index is 1200. The van der Waals surface area contributed by atoms with Crippen LogP contribution in [0.2, 0.25) is 10.0 Å². The van der Waals surface area contributed by atoms with Crippen molar-refractivity contribution in [1.29, 1.82) is 0 Å². The van der Waals surface area contributed by atoms with Crippen molar-refractivity contribution in [3.05, 3.63) is 97.9 Å². The van der Waals surface area contributed by atoms with Crippen LogP contribution < -0.4 is 10.9 Å². The van der Waals surface area contributed by atoms with E-state index in [4.69, 9.17) is 28.0 Å². The molecule has 0 spiro atoms. The molecule has 1 aliphatic heterocycles. The van der Waals surface area contributed by atoms with Gasteiger partial charge in [0.1, 0.15) is 23.5 Å². The summed E-state index contributed by atoms with van der Waals surface area (Å²) in [7, 11) is 0. The molecule has 3 aromatic rings. The molecular weight excluding hydrogens is 459 g/mol. The fraction of sp³-hybridized carbons (Fsp3) is 0.217. The summed E-state index contributed by atoms with van der Waals surface area (Å²) in [5.74, 6) is -1.52. The molecule has 1 aliphatic rings. The summed E-state index contributed by atoms with van der Waals surface area (Å²) in [4.78, 5) is 18.3. The van der Waals surface area contributed by atoms with Gasteiger partial charge in [-0.05, 0) is 49.7 Å². The van der Waals surface area contributed by atoms with Gasteiger partial charge in [-0.2, -0.15) is 0 Å². The minimum Gasteiger partial charge on any atom is -0.391 e. The lowest BCUT2D eigenvalue weighted by Crippen LogP contribution is -2.34. The lowest BCUT2D eigenvalue weighted by molar-refractivity contribution is 0.0421. The Balaban J connectivity index is 1.83. The molecule has 1 N–H and O–H groups in total. The second kappa shape index (κ2) is 9.81. The van der Waals surface area contributed by atoms with Crippen LogP contribution in [0.25, 0.3) is 5.69 Å². The van der Waals surface area contributed by atoms with Gasteiger partial charge in [-0.3, -0.25) is 9.36 Å². The highest BCUT2D eigenvalue weighted by atomic mass is 35.5. The van der Waals surface area contributed by atoms with Gasteiger partial charge in [-0.15, -0.1) is 0 Å². The van der Waals surface area contributed by atoms with Gasteiger partial charge in [0.05, 0.1) is 15.7 Å². The number of nitrogens with zero attached hydrogens (tertiary/aromatic N) is 2. The number of pyridine rings is 1. The second-order valence-electron chi connectivity index (χ2n) is 7.33. The number of rotatable bonds is 5. The van der Waals surface area contributed by atoms with Gasteiger partial charge >= 0.3 is 0 Å². The van der Waals surface area contributed by atoms with Crippen LogP contribution in [0.3, 0.4) is 0 Å². The molecular formula is C23H19Cl2F2N3O2. The number of benzene rings is 2. The predicted octanol–water partition coefficient (Wildman–Crippen LogP) is 4.94. The van der Waals surface area contributed by atoms with E-state index in [0.29, 0.717) is 17.8 Å². The minimum absolute atomic E-state index is 0.0330. The molecule has 2 heterocycles. The summed E-state index contributed by atoms with van der Waals surface area (Å²) < 4.78 is 29.5. The molecule has 1 fully saturated rings. The molecule has 1 atom stereocenters. The Morgan fingerprint density at radius 2 is 1.91 bits per heavy atom. The molecule has 5 nitrogen and oxygen atoms in total. The largest absolute Gasteiger partial charge is 0.391 e. The number of piperidine rings is 1. The third-order valence-corrected chi connectivity index (χ3v) is 5.70. The van der Waals surface area contributed by atoms with E-state index in [1.807, 2.05) is 0 Å². The van der Waals surface area contributed by atoms with E-state index in [9.17, 15) is 13.6 Å². The summed E-state index contributed by atoms with van der Waals surface area (Å²) in [6.07, 6.45) is 2.99. The number of para-hydroxylation sites is 1. The highest BCUT2D eigenvalue weighted by Gasteiger charge is 2.19. The van der Waals surface area contributed by atoms with Crippen molar-refractivity contribution in [2.75, 3.05) is 13.1 Å². The number of aromatic nitrogens is 1. The van der Waals surface area contributed by atoms with Crippen LogP contribution in [-0.2, 0) is 4.84 Å². The van der Waals surface area contributed by atoms with Crippen LogP contribution in [-0.4, -0.2) is 29.5 Å². The average Bonchev–Trinajstić information content (AvgIpc) is 2.77. The van der Waals surface area contributed by atoms with Crippen LogP contribution in [0, 0.1) is 11.6 Å². The molecule has 0 saturated carbocycles. The lowest BCUT2D eigenvalue weighted by Gasteiger charge is -2.21. The Morgan fingerprint density at radius 1 is 1.12 bits per heavy atom. The first-order valence-electron chi connectivity index (χ1n) is 10.0. The van der Waals surface area contributed by atoms with Crippen LogP contribution in [0.15, 0.2) is 64.7 Å². The first kappa shape index (κ1) is 22.5. The second-order valence-corrected chi connectivity index (χ2v) is 8.15. The van der Waals surface area contributed by atoms with Gasteiger partial charge in [0.15, 0.2) is 0 Å². The molecule has 1 saturated heterocycles. The maximum Gasteiger partial charge on any atom is 0.255 e. The Hall–Kier alpha value is -2.74. The number of hydrogen-bond donors (Lipinski definition) is 1. The molecule has 0 amide bonds. The molecule has 9 heteroatoms. The maximum absolute atomic E-state index is 14.7. The molecule has 2 aromatic carbocycles. The summed E-state index contributed by atoms with van der Waals surface area (Å²) >= 11 is 12.6. The smallest absolute Gasteiger partial charge is 0.255 e. The van der Waals surface area contributed by atoms with Crippen LogP contribution in [0.5, 0.6) is 0 Å². The highest BCUT2D eigenvalue weighted by molar-refractivity contribution is 6.37. The zero-order chi connectivity index (χ0) is 22.7. The minimum atomic E-state index is -0.803. The number of hydrogen-bond acceptors (Lipinski definition) is 4. The molecule has 0 bridgehead atoms. The quantitative estimate of drug-likeness (QED) is 0.418. The summed E-state index contributed by atoms with van der Waals surface area (Å²) in [6, 6.07) is 10.9. The maximum atomic E-state index is 14.7. The van der Waals surface area contributed by atoms with E-state index < -0.39 is 11.6 Å². The van der Waals surface area contributed by atoms with Gasteiger partial charge in [-0.25, -0.2) is 8.78 Å². The molecule has 0 radical (unpaired) electrons. The molecule has 0 unspecified atom stereocenters. The van der Waals surface area contributed by atoms with Crippen molar-refractivity contribution in [2.45, 2.75) is 18.9 Å². The third-order valence-electron chi connectivity index (χ3n) is 5.09. The summed E-state index contributed by atoms with van der Waals surface area (Å²) in [6.45, 7) is 1.50. The molecule has 166 valence electrons. The topological polar surface area (TPSA) is 55.6 Å². The average molecular weight is 478 g/mol. The first-order valence-corrected chi connectivity index (χ1v) is 10.8. The summed E-state index contributed by atoms with van der Waals surface area (Å²) in [5, 5.41) is 7.98. The Labute approximate surface area is 193 Å². The zero-order valence-electron chi connectivity index (χ0n) is 16.8. The fourth-order valence-corrected chi connectivity index (χ4v) is 4.08. The van der Waals surface area contributed by atoms with Gasteiger partial charge in [0.25, 0.3) is 5.56 Å². The van der Waals surface area contributed by atoms with Gasteiger partial charge < -0.3 is 10.2 Å². The normalized spacial score (nSPS) is 16.8. The van der Waals surface area contributed by atoms with Crippen molar-refractivity contribution in [2.24, 2.45) is 5.16 Å². The van der Waals surface area contributed by atoms with E-state index in [0.717, 1.165) is 31.5 Å². The van der Waals surface area contributed by atoms with E-state index in [1.54, 1.807) is 18.2 Å². The monoisotopic (exact) mass is 477 g/mol. The Morgan fingerprint density at radius 3 is 2.59 bits per heavy atom. The third kappa shape index (κ3) is 4.85. The standard InChI is InChI=1S/C23H19Cl2F2N3O2/c24-18-4-1-5-19(25)23(18)30-13-14(6-9-21(30)31)22(17-8-7-15(26)11-20(17)27)29-32-16-3-2-10-28-12-16/h1,4-9,11,13,16,28H,2-3,10,12H2/b29-22-/t16-/m1/s1. The Kier molecular flexibility index (Phi) is 6.89. The van der Waals surface area contributed by atoms with Gasteiger partial charge in [0, 0.05) is 36.0 Å².